The van der Waals surface area contributed by atoms with Crippen molar-refractivity contribution < 1.29 is 9.53 Å². The summed E-state index contributed by atoms with van der Waals surface area (Å²) in [6, 6.07) is 8.93. The highest BCUT2D eigenvalue weighted by atomic mass is 16.5. The number of ether oxygens (including phenoxy) is 1. The highest BCUT2D eigenvalue weighted by Crippen LogP contribution is 2.20. The van der Waals surface area contributed by atoms with Crippen LogP contribution in [-0.4, -0.2) is 30.6 Å². The molecule has 1 fully saturated rings. The van der Waals surface area contributed by atoms with Crippen LogP contribution in [0.2, 0.25) is 0 Å². The van der Waals surface area contributed by atoms with Crippen LogP contribution >= 0.6 is 0 Å². The maximum Gasteiger partial charge on any atom is 0.321 e. The molecule has 1 aliphatic rings. The molecule has 5 nitrogen and oxygen atoms in total. The summed E-state index contributed by atoms with van der Waals surface area (Å²) in [5.74, 6) is 1.14. The van der Waals surface area contributed by atoms with Crippen LogP contribution in [0.5, 0.6) is 5.75 Å². The number of amides is 2. The van der Waals surface area contributed by atoms with E-state index in [4.69, 9.17) is 10.00 Å². The SMILES string of the molecule is CC1CCCN(C(=O)Nc2cccc(OCC#N)c2)C1. The number of rotatable bonds is 3. The van der Waals surface area contributed by atoms with E-state index in [1.807, 2.05) is 17.0 Å². The molecule has 1 unspecified atom stereocenters. The molecule has 5 heteroatoms. The summed E-state index contributed by atoms with van der Waals surface area (Å²) in [6.45, 7) is 3.77. The average molecular weight is 273 g/mol. The summed E-state index contributed by atoms with van der Waals surface area (Å²) < 4.78 is 5.21. The molecule has 0 bridgehead atoms. The molecule has 0 saturated carbocycles. The molecule has 0 aliphatic carbocycles. The van der Waals surface area contributed by atoms with Gasteiger partial charge >= 0.3 is 6.03 Å². The molecule has 0 spiro atoms. The lowest BCUT2D eigenvalue weighted by Gasteiger charge is -2.30. The molecule has 1 heterocycles. The monoisotopic (exact) mass is 273 g/mol. The fourth-order valence-corrected chi connectivity index (χ4v) is 2.36. The third kappa shape index (κ3) is 3.89. The van der Waals surface area contributed by atoms with Crippen molar-refractivity contribution in [3.05, 3.63) is 24.3 Å². The number of nitriles is 1. The smallest absolute Gasteiger partial charge is 0.321 e. The van der Waals surface area contributed by atoms with Gasteiger partial charge < -0.3 is 15.0 Å². The second-order valence-corrected chi connectivity index (χ2v) is 5.10. The number of piperidine rings is 1. The molecule has 1 saturated heterocycles. The number of anilines is 1. The number of nitrogens with one attached hydrogen (secondary N) is 1. The first kappa shape index (κ1) is 14.2. The van der Waals surface area contributed by atoms with Crippen LogP contribution in [0.25, 0.3) is 0 Å². The van der Waals surface area contributed by atoms with Crippen molar-refractivity contribution in [1.29, 1.82) is 5.26 Å². The van der Waals surface area contributed by atoms with Gasteiger partial charge in [-0.3, -0.25) is 0 Å². The summed E-state index contributed by atoms with van der Waals surface area (Å²) in [5, 5.41) is 11.4. The Morgan fingerprint density at radius 1 is 1.60 bits per heavy atom. The van der Waals surface area contributed by atoms with E-state index < -0.39 is 0 Å². The fourth-order valence-electron chi connectivity index (χ4n) is 2.36. The van der Waals surface area contributed by atoms with Crippen LogP contribution in [-0.2, 0) is 0 Å². The third-order valence-corrected chi connectivity index (χ3v) is 3.33. The highest BCUT2D eigenvalue weighted by Gasteiger charge is 2.20. The van der Waals surface area contributed by atoms with E-state index in [9.17, 15) is 4.79 Å². The third-order valence-electron chi connectivity index (χ3n) is 3.33. The zero-order valence-electron chi connectivity index (χ0n) is 11.6. The second-order valence-electron chi connectivity index (χ2n) is 5.10. The minimum atomic E-state index is -0.0750. The number of benzene rings is 1. The van der Waals surface area contributed by atoms with Crippen molar-refractivity contribution in [3.8, 4) is 11.8 Å². The van der Waals surface area contributed by atoms with Gasteiger partial charge in [-0.15, -0.1) is 0 Å². The van der Waals surface area contributed by atoms with Crippen molar-refractivity contribution >= 4 is 11.7 Å². The van der Waals surface area contributed by atoms with Crippen molar-refractivity contribution in [2.75, 3.05) is 25.0 Å². The van der Waals surface area contributed by atoms with Gasteiger partial charge in [0.2, 0.25) is 0 Å². The van der Waals surface area contributed by atoms with E-state index in [0.29, 0.717) is 17.4 Å². The topological polar surface area (TPSA) is 65.4 Å². The first-order valence-electron chi connectivity index (χ1n) is 6.85. The van der Waals surface area contributed by atoms with E-state index in [1.54, 1.807) is 18.2 Å². The summed E-state index contributed by atoms with van der Waals surface area (Å²) in [6.07, 6.45) is 2.24. The number of hydrogen-bond acceptors (Lipinski definition) is 3. The van der Waals surface area contributed by atoms with Crippen LogP contribution in [0.1, 0.15) is 19.8 Å². The number of hydrogen-bond donors (Lipinski definition) is 1. The molecule has 20 heavy (non-hydrogen) atoms. The molecule has 2 rings (SSSR count). The van der Waals surface area contributed by atoms with Crippen LogP contribution in [0, 0.1) is 17.2 Å². The predicted molar refractivity (Wildman–Crippen MR) is 76.5 cm³/mol. The van der Waals surface area contributed by atoms with Gasteiger partial charge in [-0.25, -0.2) is 4.79 Å². The Hall–Kier alpha value is -2.22. The van der Waals surface area contributed by atoms with Gasteiger partial charge in [-0.2, -0.15) is 5.26 Å². The van der Waals surface area contributed by atoms with Crippen LogP contribution in [0.4, 0.5) is 10.5 Å². The maximum absolute atomic E-state index is 12.2. The van der Waals surface area contributed by atoms with Crippen LogP contribution in [0.15, 0.2) is 24.3 Å². The van der Waals surface area contributed by atoms with Crippen LogP contribution < -0.4 is 10.1 Å². The normalized spacial score (nSPS) is 18.2. The molecule has 1 aliphatic heterocycles. The Balaban J connectivity index is 1.95. The zero-order chi connectivity index (χ0) is 14.4. The molecular formula is C15H19N3O2. The lowest BCUT2D eigenvalue weighted by atomic mass is 10.0. The van der Waals surface area contributed by atoms with E-state index in [2.05, 4.69) is 12.2 Å². The van der Waals surface area contributed by atoms with Gasteiger partial charge in [0.05, 0.1) is 0 Å². The van der Waals surface area contributed by atoms with E-state index in [0.717, 1.165) is 19.5 Å². The van der Waals surface area contributed by atoms with Gasteiger partial charge in [-0.1, -0.05) is 13.0 Å². The van der Waals surface area contributed by atoms with Crippen molar-refractivity contribution in [1.82, 2.24) is 4.90 Å². The quantitative estimate of drug-likeness (QED) is 0.921. The molecule has 1 atom stereocenters. The van der Waals surface area contributed by atoms with Gasteiger partial charge in [0.25, 0.3) is 0 Å². The molecule has 106 valence electrons. The Morgan fingerprint density at radius 2 is 2.45 bits per heavy atom. The molecule has 0 radical (unpaired) electrons. The van der Waals surface area contributed by atoms with Gasteiger partial charge in [0, 0.05) is 24.8 Å². The Bertz CT molecular complexity index is 510. The minimum Gasteiger partial charge on any atom is -0.479 e. The summed E-state index contributed by atoms with van der Waals surface area (Å²) in [4.78, 5) is 14.0. The number of carbonyl (C=O) groups excluding carboxylic acids is 1. The van der Waals surface area contributed by atoms with E-state index in [1.165, 1.54) is 6.42 Å². The number of nitrogens with zero attached hydrogens (tertiary/aromatic N) is 2. The van der Waals surface area contributed by atoms with Gasteiger partial charge in [0.15, 0.2) is 6.61 Å². The molecular weight excluding hydrogens is 254 g/mol. The number of urea groups is 1. The fraction of sp³-hybridized carbons (Fsp3) is 0.467. The Kier molecular flexibility index (Phi) is 4.83. The lowest BCUT2D eigenvalue weighted by Crippen LogP contribution is -2.41. The largest absolute Gasteiger partial charge is 0.479 e. The standard InChI is InChI=1S/C15H19N3O2/c1-12-4-3-8-18(11-12)15(19)17-13-5-2-6-14(10-13)20-9-7-16/h2,5-6,10,12H,3-4,8-9,11H2,1H3,(H,17,19). The molecule has 0 aromatic heterocycles. The van der Waals surface area contributed by atoms with E-state index >= 15 is 0 Å². The molecule has 1 aromatic carbocycles. The van der Waals surface area contributed by atoms with Gasteiger partial charge in [0.1, 0.15) is 11.8 Å². The summed E-state index contributed by atoms with van der Waals surface area (Å²) in [7, 11) is 0. The highest BCUT2D eigenvalue weighted by molar-refractivity contribution is 5.89. The van der Waals surface area contributed by atoms with Crippen molar-refractivity contribution in [2.24, 2.45) is 5.92 Å². The number of likely N-dealkylation sites (tertiary alicyclic amines) is 1. The molecule has 2 amide bonds. The van der Waals surface area contributed by atoms with E-state index in [-0.39, 0.29) is 12.6 Å². The zero-order valence-corrected chi connectivity index (χ0v) is 11.6. The number of carbonyl (C=O) groups is 1. The molecule has 1 aromatic rings. The van der Waals surface area contributed by atoms with Crippen LogP contribution in [0.3, 0.4) is 0 Å². The average Bonchev–Trinajstić information content (AvgIpc) is 2.45. The van der Waals surface area contributed by atoms with Crippen molar-refractivity contribution in [3.63, 3.8) is 0 Å². The second kappa shape index (κ2) is 6.80. The predicted octanol–water partition coefficient (Wildman–Crippen LogP) is 2.85. The lowest BCUT2D eigenvalue weighted by molar-refractivity contribution is 0.182. The first-order chi connectivity index (χ1) is 9.69. The minimum absolute atomic E-state index is 0.00103. The maximum atomic E-state index is 12.2. The first-order valence-corrected chi connectivity index (χ1v) is 6.85. The Labute approximate surface area is 119 Å². The van der Waals surface area contributed by atoms with Gasteiger partial charge in [-0.05, 0) is 30.9 Å². The molecule has 1 N–H and O–H groups in total. The summed E-state index contributed by atoms with van der Waals surface area (Å²) in [5.41, 5.74) is 0.684. The Morgan fingerprint density at radius 3 is 3.20 bits per heavy atom. The summed E-state index contributed by atoms with van der Waals surface area (Å²) >= 11 is 0. The van der Waals surface area contributed by atoms with Crippen molar-refractivity contribution in [2.45, 2.75) is 19.8 Å².